The van der Waals surface area contributed by atoms with Gasteiger partial charge in [0, 0.05) is 20.0 Å². The number of carboxylic acid groups (broad SMARTS) is 1. The van der Waals surface area contributed by atoms with E-state index in [-0.39, 0.29) is 20.1 Å². The summed E-state index contributed by atoms with van der Waals surface area (Å²) in [6.07, 6.45) is 1.90. The number of hydrogen-bond donors (Lipinski definition) is 2. The van der Waals surface area contributed by atoms with Gasteiger partial charge < -0.3 is 9.67 Å². The first-order valence-corrected chi connectivity index (χ1v) is 8.75. The van der Waals surface area contributed by atoms with Gasteiger partial charge in [-0.15, -0.1) is 21.5 Å². The first-order chi connectivity index (χ1) is 9.81. The number of rotatable bonds is 6. The third-order valence-electron chi connectivity index (χ3n) is 2.60. The fourth-order valence-electron chi connectivity index (χ4n) is 1.55. The van der Waals surface area contributed by atoms with E-state index >= 15 is 0 Å². The number of halogens is 1. The molecule has 8 nitrogen and oxygen atoms in total. The highest BCUT2D eigenvalue weighted by atomic mass is 79.9. The summed E-state index contributed by atoms with van der Waals surface area (Å²) in [5.74, 6) is -0.519. The van der Waals surface area contributed by atoms with Gasteiger partial charge in [0.15, 0.2) is 0 Å². The Bertz CT molecular complexity index is 768. The molecule has 0 saturated carbocycles. The largest absolute Gasteiger partial charge is 0.477 e. The van der Waals surface area contributed by atoms with Gasteiger partial charge in [-0.2, -0.15) is 0 Å². The molecule has 0 fully saturated rings. The molecule has 0 aliphatic heterocycles. The van der Waals surface area contributed by atoms with Crippen molar-refractivity contribution in [1.29, 1.82) is 0 Å². The van der Waals surface area contributed by atoms with Crippen LogP contribution in [0.4, 0.5) is 0 Å². The second kappa shape index (κ2) is 6.22. The molecule has 11 heteroatoms. The summed E-state index contributed by atoms with van der Waals surface area (Å²) in [5, 5.41) is 16.4. The summed E-state index contributed by atoms with van der Waals surface area (Å²) >= 11 is 3.93. The Hall–Kier alpha value is -1.30. The standard InChI is InChI=1S/C10H11BrN4O4S2/c1-15-5-12-14-8(15)2-3-13-21(18,19)7-4-6(10(16)17)20-9(7)11/h4-5,13H,2-3H2,1H3,(H,16,17). The Morgan fingerprint density at radius 1 is 1.57 bits per heavy atom. The van der Waals surface area contributed by atoms with Crippen molar-refractivity contribution in [3.8, 4) is 0 Å². The molecular formula is C10H11BrN4O4S2. The topological polar surface area (TPSA) is 114 Å². The van der Waals surface area contributed by atoms with E-state index in [2.05, 4.69) is 30.8 Å². The van der Waals surface area contributed by atoms with E-state index in [9.17, 15) is 13.2 Å². The molecule has 2 N–H and O–H groups in total. The first kappa shape index (κ1) is 16.1. The molecule has 114 valence electrons. The molecule has 21 heavy (non-hydrogen) atoms. The number of aryl methyl sites for hydroxylation is 1. The number of hydrogen-bond acceptors (Lipinski definition) is 6. The molecular weight excluding hydrogens is 384 g/mol. The van der Waals surface area contributed by atoms with E-state index in [0.29, 0.717) is 12.2 Å². The van der Waals surface area contributed by atoms with E-state index in [1.54, 1.807) is 11.6 Å². The Morgan fingerprint density at radius 2 is 2.29 bits per heavy atom. The van der Waals surface area contributed by atoms with Crippen LogP contribution in [0.3, 0.4) is 0 Å². The Morgan fingerprint density at radius 3 is 2.81 bits per heavy atom. The number of thiophene rings is 1. The van der Waals surface area contributed by atoms with Crippen LogP contribution in [0.1, 0.15) is 15.5 Å². The molecule has 0 amide bonds. The van der Waals surface area contributed by atoms with Gasteiger partial charge in [-0.1, -0.05) is 0 Å². The lowest BCUT2D eigenvalue weighted by atomic mass is 10.4. The minimum atomic E-state index is -3.78. The van der Waals surface area contributed by atoms with Gasteiger partial charge in [-0.3, -0.25) is 0 Å². The van der Waals surface area contributed by atoms with Crippen LogP contribution in [0.25, 0.3) is 0 Å². The van der Waals surface area contributed by atoms with E-state index < -0.39 is 16.0 Å². The monoisotopic (exact) mass is 394 g/mol. The Kier molecular flexibility index (Phi) is 4.76. The molecule has 0 aliphatic carbocycles. The quantitative estimate of drug-likeness (QED) is 0.750. The highest BCUT2D eigenvalue weighted by Crippen LogP contribution is 2.31. The summed E-state index contributed by atoms with van der Waals surface area (Å²) in [6, 6.07) is 1.13. The maximum absolute atomic E-state index is 12.1. The summed E-state index contributed by atoms with van der Waals surface area (Å²) in [7, 11) is -2.01. The number of sulfonamides is 1. The van der Waals surface area contributed by atoms with Crippen LogP contribution in [0.5, 0.6) is 0 Å². The fourth-order valence-corrected chi connectivity index (χ4v) is 4.98. The number of carbonyl (C=O) groups is 1. The normalized spacial score (nSPS) is 11.7. The van der Waals surface area contributed by atoms with Crippen molar-refractivity contribution in [2.75, 3.05) is 6.54 Å². The zero-order chi connectivity index (χ0) is 15.6. The van der Waals surface area contributed by atoms with Crippen LogP contribution in [0.2, 0.25) is 0 Å². The highest BCUT2D eigenvalue weighted by Gasteiger charge is 2.22. The number of aromatic nitrogens is 3. The minimum Gasteiger partial charge on any atom is -0.477 e. The molecule has 2 rings (SSSR count). The van der Waals surface area contributed by atoms with Crippen molar-refractivity contribution >= 4 is 43.3 Å². The zero-order valence-electron chi connectivity index (χ0n) is 10.8. The SMILES string of the molecule is Cn1cnnc1CCNS(=O)(=O)c1cc(C(=O)O)sc1Br. The lowest BCUT2D eigenvalue weighted by Crippen LogP contribution is -2.26. The highest BCUT2D eigenvalue weighted by molar-refractivity contribution is 9.11. The minimum absolute atomic E-state index is 0.0458. The Labute approximate surface area is 133 Å². The van der Waals surface area contributed by atoms with Crippen LogP contribution in [0.15, 0.2) is 21.1 Å². The summed E-state index contributed by atoms with van der Waals surface area (Å²) in [4.78, 5) is 10.7. The van der Waals surface area contributed by atoms with Gasteiger partial charge in [-0.25, -0.2) is 17.9 Å². The predicted molar refractivity (Wildman–Crippen MR) is 78.9 cm³/mol. The van der Waals surface area contributed by atoms with Gasteiger partial charge >= 0.3 is 5.97 Å². The molecule has 0 bridgehead atoms. The van der Waals surface area contributed by atoms with Crippen LogP contribution in [-0.2, 0) is 23.5 Å². The number of carboxylic acids is 1. The van der Waals surface area contributed by atoms with Crippen molar-refractivity contribution in [2.45, 2.75) is 11.3 Å². The zero-order valence-corrected chi connectivity index (χ0v) is 14.0. The van der Waals surface area contributed by atoms with Crippen LogP contribution >= 0.6 is 27.3 Å². The Balaban J connectivity index is 2.08. The van der Waals surface area contributed by atoms with Crippen molar-refractivity contribution in [1.82, 2.24) is 19.5 Å². The molecule has 2 aromatic heterocycles. The van der Waals surface area contributed by atoms with Gasteiger partial charge in [0.2, 0.25) is 10.0 Å². The molecule has 0 radical (unpaired) electrons. The lowest BCUT2D eigenvalue weighted by molar-refractivity contribution is 0.0702. The van der Waals surface area contributed by atoms with Gasteiger partial charge in [-0.05, 0) is 22.0 Å². The third-order valence-corrected chi connectivity index (χ3v) is 6.30. The molecule has 2 heterocycles. The lowest BCUT2D eigenvalue weighted by Gasteiger charge is -2.05. The second-order valence-corrected chi connectivity index (χ2v) is 8.17. The summed E-state index contributed by atoms with van der Waals surface area (Å²) in [5.41, 5.74) is 0. The molecule has 0 aliphatic rings. The van der Waals surface area contributed by atoms with E-state index in [1.807, 2.05) is 0 Å². The summed E-state index contributed by atoms with van der Waals surface area (Å²) in [6.45, 7) is 0.138. The maximum Gasteiger partial charge on any atom is 0.345 e. The average molecular weight is 395 g/mol. The molecule has 0 unspecified atom stereocenters. The van der Waals surface area contributed by atoms with Crippen molar-refractivity contribution in [3.63, 3.8) is 0 Å². The van der Waals surface area contributed by atoms with E-state index in [0.717, 1.165) is 17.4 Å². The number of nitrogens with zero attached hydrogens (tertiary/aromatic N) is 3. The number of aromatic carboxylic acids is 1. The molecule has 0 aromatic carbocycles. The number of nitrogens with one attached hydrogen (secondary N) is 1. The molecule has 0 saturated heterocycles. The van der Waals surface area contributed by atoms with Gasteiger partial charge in [0.05, 0.1) is 3.79 Å². The first-order valence-electron chi connectivity index (χ1n) is 5.66. The van der Waals surface area contributed by atoms with Crippen LogP contribution in [-0.4, -0.2) is 40.8 Å². The van der Waals surface area contributed by atoms with Crippen molar-refractivity contribution in [2.24, 2.45) is 7.05 Å². The van der Waals surface area contributed by atoms with Gasteiger partial charge in [0.1, 0.15) is 21.9 Å². The van der Waals surface area contributed by atoms with Gasteiger partial charge in [0.25, 0.3) is 0 Å². The second-order valence-electron chi connectivity index (χ2n) is 4.06. The van der Waals surface area contributed by atoms with Crippen LogP contribution in [0, 0.1) is 0 Å². The van der Waals surface area contributed by atoms with Crippen molar-refractivity contribution in [3.05, 3.63) is 26.9 Å². The maximum atomic E-state index is 12.1. The van der Waals surface area contributed by atoms with Crippen LogP contribution < -0.4 is 4.72 Å². The van der Waals surface area contributed by atoms with E-state index in [1.165, 1.54) is 6.33 Å². The third kappa shape index (κ3) is 3.67. The molecule has 2 aromatic rings. The molecule has 0 atom stereocenters. The molecule has 0 spiro atoms. The smallest absolute Gasteiger partial charge is 0.345 e. The fraction of sp³-hybridized carbons (Fsp3) is 0.300. The summed E-state index contributed by atoms with van der Waals surface area (Å²) < 4.78 is 28.6. The van der Waals surface area contributed by atoms with E-state index in [4.69, 9.17) is 5.11 Å². The average Bonchev–Trinajstić information content (AvgIpc) is 2.96. The van der Waals surface area contributed by atoms with Crippen molar-refractivity contribution < 1.29 is 18.3 Å². The predicted octanol–water partition coefficient (Wildman–Crippen LogP) is 0.858.